The lowest BCUT2D eigenvalue weighted by Gasteiger charge is -2.05. The van der Waals surface area contributed by atoms with Crippen molar-refractivity contribution in [3.8, 4) is 0 Å². The third-order valence-corrected chi connectivity index (χ3v) is 2.21. The van der Waals surface area contributed by atoms with E-state index in [0.29, 0.717) is 11.6 Å². The number of carbonyl (C=O) groups is 1. The highest BCUT2D eigenvalue weighted by Crippen LogP contribution is 2.10. The van der Waals surface area contributed by atoms with Gasteiger partial charge in [-0.1, -0.05) is 6.08 Å². The van der Waals surface area contributed by atoms with Crippen LogP contribution in [0.5, 0.6) is 0 Å². The number of rotatable bonds is 3. The van der Waals surface area contributed by atoms with E-state index < -0.39 is 5.97 Å². The third kappa shape index (κ3) is 2.66. The van der Waals surface area contributed by atoms with E-state index in [1.165, 1.54) is 12.8 Å². The van der Waals surface area contributed by atoms with Crippen LogP contribution in [0.25, 0.3) is 0 Å². The van der Waals surface area contributed by atoms with Crippen LogP contribution in [-0.2, 0) is 4.79 Å². The number of hydrogen-bond acceptors (Lipinski definition) is 2. The van der Waals surface area contributed by atoms with Crippen LogP contribution in [-0.4, -0.2) is 23.7 Å². The average Bonchev–Trinajstić information content (AvgIpc) is 2.51. The van der Waals surface area contributed by atoms with Gasteiger partial charge in [-0.2, -0.15) is 0 Å². The van der Waals surface area contributed by atoms with Gasteiger partial charge in [-0.3, -0.25) is 0 Å². The van der Waals surface area contributed by atoms with Gasteiger partial charge >= 0.3 is 5.97 Å². The van der Waals surface area contributed by atoms with Gasteiger partial charge in [0.15, 0.2) is 0 Å². The zero-order chi connectivity index (χ0) is 8.97. The molecule has 1 rings (SSSR count). The van der Waals surface area contributed by atoms with Gasteiger partial charge in [0.1, 0.15) is 0 Å². The Hall–Kier alpha value is -0.830. The molecule has 1 atom stereocenters. The maximum absolute atomic E-state index is 10.4. The van der Waals surface area contributed by atoms with Crippen molar-refractivity contribution in [2.75, 3.05) is 6.54 Å². The first-order chi connectivity index (χ1) is 5.70. The minimum absolute atomic E-state index is 0.448. The molecule has 0 amide bonds. The Morgan fingerprint density at radius 1 is 1.75 bits per heavy atom. The average molecular weight is 169 g/mol. The van der Waals surface area contributed by atoms with Gasteiger partial charge in [-0.25, -0.2) is 4.79 Å². The zero-order valence-corrected chi connectivity index (χ0v) is 7.34. The molecule has 1 aliphatic heterocycles. The standard InChI is InChI=1S/C9H15NO2/c1-7(9(11)12)4-5-8-3-2-6-10-8/h4,8,10H,2-3,5-6H2,1H3,(H,11,12). The van der Waals surface area contributed by atoms with Crippen molar-refractivity contribution >= 4 is 5.97 Å². The highest BCUT2D eigenvalue weighted by atomic mass is 16.4. The number of aliphatic carboxylic acids is 1. The summed E-state index contributed by atoms with van der Waals surface area (Å²) in [5.74, 6) is -0.812. The summed E-state index contributed by atoms with van der Waals surface area (Å²) in [4.78, 5) is 10.4. The lowest BCUT2D eigenvalue weighted by molar-refractivity contribution is -0.132. The molecule has 0 aromatic carbocycles. The number of nitrogens with one attached hydrogen (secondary N) is 1. The second kappa shape index (κ2) is 4.26. The first kappa shape index (κ1) is 9.26. The molecule has 0 radical (unpaired) electrons. The normalized spacial score (nSPS) is 24.4. The summed E-state index contributed by atoms with van der Waals surface area (Å²) in [7, 11) is 0. The van der Waals surface area contributed by atoms with E-state index in [1.54, 1.807) is 13.0 Å². The molecule has 0 bridgehead atoms. The van der Waals surface area contributed by atoms with Crippen LogP contribution in [0.3, 0.4) is 0 Å². The Labute approximate surface area is 72.5 Å². The molecule has 0 saturated carbocycles. The highest BCUT2D eigenvalue weighted by molar-refractivity contribution is 5.85. The van der Waals surface area contributed by atoms with Crippen LogP contribution in [0, 0.1) is 0 Å². The third-order valence-electron chi connectivity index (χ3n) is 2.21. The van der Waals surface area contributed by atoms with Crippen LogP contribution in [0.4, 0.5) is 0 Å². The van der Waals surface area contributed by atoms with E-state index in [4.69, 9.17) is 5.11 Å². The van der Waals surface area contributed by atoms with Gasteiger partial charge in [0.05, 0.1) is 0 Å². The van der Waals surface area contributed by atoms with E-state index in [-0.39, 0.29) is 0 Å². The van der Waals surface area contributed by atoms with Crippen LogP contribution in [0.1, 0.15) is 26.2 Å². The van der Waals surface area contributed by atoms with Gasteiger partial charge in [-0.05, 0) is 32.7 Å². The first-order valence-electron chi connectivity index (χ1n) is 4.33. The molecule has 1 heterocycles. The smallest absolute Gasteiger partial charge is 0.330 e. The molecule has 0 aromatic rings. The minimum Gasteiger partial charge on any atom is -0.478 e. The molecule has 0 aromatic heterocycles. The molecule has 1 saturated heterocycles. The molecule has 68 valence electrons. The predicted molar refractivity (Wildman–Crippen MR) is 47.0 cm³/mol. The molecule has 12 heavy (non-hydrogen) atoms. The van der Waals surface area contributed by atoms with Crippen LogP contribution in [0.15, 0.2) is 11.6 Å². The summed E-state index contributed by atoms with van der Waals surface area (Å²) < 4.78 is 0. The molecular weight excluding hydrogens is 154 g/mol. The predicted octanol–water partition coefficient (Wildman–Crippen LogP) is 1.16. The van der Waals surface area contributed by atoms with E-state index in [1.807, 2.05) is 0 Å². The summed E-state index contributed by atoms with van der Waals surface area (Å²) in [5, 5.41) is 11.9. The second-order valence-electron chi connectivity index (χ2n) is 3.22. The van der Waals surface area contributed by atoms with Crippen molar-refractivity contribution in [3.63, 3.8) is 0 Å². The van der Waals surface area contributed by atoms with E-state index in [0.717, 1.165) is 13.0 Å². The molecule has 3 heteroatoms. The number of carboxylic acids is 1. The highest BCUT2D eigenvalue weighted by Gasteiger charge is 2.12. The van der Waals surface area contributed by atoms with Gasteiger partial charge in [0.2, 0.25) is 0 Å². The molecular formula is C9H15NO2. The summed E-state index contributed by atoms with van der Waals surface area (Å²) >= 11 is 0. The fourth-order valence-electron chi connectivity index (χ4n) is 1.36. The Kier molecular flexibility index (Phi) is 3.29. The maximum Gasteiger partial charge on any atom is 0.330 e. The molecule has 3 nitrogen and oxygen atoms in total. The van der Waals surface area contributed by atoms with Gasteiger partial charge in [0.25, 0.3) is 0 Å². The Balaban J connectivity index is 2.31. The summed E-state index contributed by atoms with van der Waals surface area (Å²) in [6.45, 7) is 2.71. The van der Waals surface area contributed by atoms with Crippen molar-refractivity contribution < 1.29 is 9.90 Å². The van der Waals surface area contributed by atoms with Crippen molar-refractivity contribution in [3.05, 3.63) is 11.6 Å². The van der Waals surface area contributed by atoms with E-state index in [9.17, 15) is 4.79 Å². The first-order valence-corrected chi connectivity index (χ1v) is 4.33. The topological polar surface area (TPSA) is 49.3 Å². The zero-order valence-electron chi connectivity index (χ0n) is 7.34. The van der Waals surface area contributed by atoms with Crippen molar-refractivity contribution in [2.24, 2.45) is 0 Å². The van der Waals surface area contributed by atoms with Crippen LogP contribution < -0.4 is 5.32 Å². The number of hydrogen-bond donors (Lipinski definition) is 2. The van der Waals surface area contributed by atoms with Gasteiger partial charge < -0.3 is 10.4 Å². The molecule has 1 aliphatic rings. The van der Waals surface area contributed by atoms with Gasteiger partial charge in [0, 0.05) is 11.6 Å². The van der Waals surface area contributed by atoms with E-state index >= 15 is 0 Å². The fourth-order valence-corrected chi connectivity index (χ4v) is 1.36. The summed E-state index contributed by atoms with van der Waals surface area (Å²) in [6, 6.07) is 0.499. The molecule has 0 spiro atoms. The fraction of sp³-hybridized carbons (Fsp3) is 0.667. The van der Waals surface area contributed by atoms with Crippen LogP contribution in [0.2, 0.25) is 0 Å². The minimum atomic E-state index is -0.812. The molecule has 1 unspecified atom stereocenters. The van der Waals surface area contributed by atoms with Gasteiger partial charge in [-0.15, -0.1) is 0 Å². The Morgan fingerprint density at radius 3 is 3.00 bits per heavy atom. The second-order valence-corrected chi connectivity index (χ2v) is 3.22. The quantitative estimate of drug-likeness (QED) is 0.623. The molecule has 1 fully saturated rings. The Bertz CT molecular complexity index is 193. The number of carboxylic acid groups (broad SMARTS) is 1. The van der Waals surface area contributed by atoms with Crippen molar-refractivity contribution in [2.45, 2.75) is 32.2 Å². The monoisotopic (exact) mass is 169 g/mol. The van der Waals surface area contributed by atoms with Crippen molar-refractivity contribution in [1.82, 2.24) is 5.32 Å². The molecule has 0 aliphatic carbocycles. The lowest BCUT2D eigenvalue weighted by Crippen LogP contribution is -2.20. The van der Waals surface area contributed by atoms with E-state index in [2.05, 4.69) is 5.32 Å². The summed E-state index contributed by atoms with van der Waals surface area (Å²) in [5.41, 5.74) is 0.448. The summed E-state index contributed by atoms with van der Waals surface area (Å²) in [6.07, 6.45) is 5.03. The maximum atomic E-state index is 10.4. The SMILES string of the molecule is CC(=CCC1CCCN1)C(=O)O. The lowest BCUT2D eigenvalue weighted by atomic mass is 10.1. The Morgan fingerprint density at radius 2 is 2.50 bits per heavy atom. The molecule has 2 N–H and O–H groups in total. The largest absolute Gasteiger partial charge is 0.478 e. The van der Waals surface area contributed by atoms with Crippen molar-refractivity contribution in [1.29, 1.82) is 0 Å². The van der Waals surface area contributed by atoms with Crippen LogP contribution >= 0.6 is 0 Å².